The van der Waals surface area contributed by atoms with E-state index in [1.54, 1.807) is 0 Å². The molecule has 0 bridgehead atoms. The predicted molar refractivity (Wildman–Crippen MR) is 78.6 cm³/mol. The van der Waals surface area contributed by atoms with Gasteiger partial charge in [-0.2, -0.15) is 0 Å². The Labute approximate surface area is 116 Å². The van der Waals surface area contributed by atoms with Crippen molar-refractivity contribution in [3.63, 3.8) is 0 Å². The summed E-state index contributed by atoms with van der Waals surface area (Å²) >= 11 is 0. The van der Waals surface area contributed by atoms with Crippen LogP contribution in [0.1, 0.15) is 31.4 Å². The zero-order valence-corrected chi connectivity index (χ0v) is 12.2. The maximum absolute atomic E-state index is 6.00. The van der Waals surface area contributed by atoms with Crippen molar-refractivity contribution in [3.05, 3.63) is 23.4 Å². The van der Waals surface area contributed by atoms with Gasteiger partial charge >= 0.3 is 0 Å². The Bertz CT molecular complexity index is 422. The van der Waals surface area contributed by atoms with Gasteiger partial charge in [0.15, 0.2) is 0 Å². The van der Waals surface area contributed by atoms with Crippen LogP contribution >= 0.6 is 0 Å². The second-order valence-corrected chi connectivity index (χ2v) is 5.47. The van der Waals surface area contributed by atoms with Gasteiger partial charge in [-0.25, -0.2) is 4.98 Å². The predicted octanol–water partition coefficient (Wildman–Crippen LogP) is 1.89. The molecular weight excluding hydrogens is 238 g/mol. The minimum Gasteiger partial charge on any atom is -0.377 e. The van der Waals surface area contributed by atoms with Crippen LogP contribution in [0, 0.1) is 6.92 Å². The van der Waals surface area contributed by atoms with Crippen molar-refractivity contribution in [3.8, 4) is 0 Å². The van der Waals surface area contributed by atoms with Gasteiger partial charge in [0, 0.05) is 18.8 Å². The van der Waals surface area contributed by atoms with Crippen LogP contribution in [-0.4, -0.2) is 36.8 Å². The highest BCUT2D eigenvalue weighted by molar-refractivity contribution is 5.48. The van der Waals surface area contributed by atoms with E-state index in [1.807, 2.05) is 6.20 Å². The number of ether oxygens (including phenoxy) is 1. The summed E-state index contributed by atoms with van der Waals surface area (Å²) in [5.74, 6) is 1.09. The Morgan fingerprint density at radius 3 is 3.00 bits per heavy atom. The van der Waals surface area contributed by atoms with E-state index >= 15 is 0 Å². The van der Waals surface area contributed by atoms with E-state index in [1.165, 1.54) is 11.1 Å². The number of anilines is 1. The van der Waals surface area contributed by atoms with Crippen molar-refractivity contribution in [1.82, 2.24) is 4.98 Å². The molecule has 0 aliphatic carbocycles. The third kappa shape index (κ3) is 3.45. The lowest BCUT2D eigenvalue weighted by Crippen LogP contribution is -2.44. The smallest absolute Gasteiger partial charge is 0.131 e. The van der Waals surface area contributed by atoms with Crippen molar-refractivity contribution in [2.45, 2.75) is 45.7 Å². The summed E-state index contributed by atoms with van der Waals surface area (Å²) in [6, 6.07) is 2.85. The zero-order valence-electron chi connectivity index (χ0n) is 12.2. The average Bonchev–Trinajstić information content (AvgIpc) is 2.40. The van der Waals surface area contributed by atoms with Crippen LogP contribution in [0.2, 0.25) is 0 Å². The summed E-state index contributed by atoms with van der Waals surface area (Å²) in [7, 11) is 0. The van der Waals surface area contributed by atoms with Gasteiger partial charge in [0.2, 0.25) is 0 Å². The largest absolute Gasteiger partial charge is 0.377 e. The standard InChI is InChI=1S/C15H25N3O/c1-4-14(16)8-13-7-11(2)15(17-9-13)18-5-6-19-10-12(18)3/h7,9,12,14H,4-6,8,10,16H2,1-3H3. The van der Waals surface area contributed by atoms with Crippen LogP contribution in [-0.2, 0) is 11.2 Å². The molecule has 2 rings (SSSR count). The van der Waals surface area contributed by atoms with Crippen LogP contribution in [0.5, 0.6) is 0 Å². The summed E-state index contributed by atoms with van der Waals surface area (Å²) in [6.45, 7) is 8.92. The molecule has 1 aromatic heterocycles. The second-order valence-electron chi connectivity index (χ2n) is 5.47. The van der Waals surface area contributed by atoms with Crippen LogP contribution < -0.4 is 10.6 Å². The Morgan fingerprint density at radius 2 is 2.37 bits per heavy atom. The summed E-state index contributed by atoms with van der Waals surface area (Å²) < 4.78 is 5.48. The first-order valence-electron chi connectivity index (χ1n) is 7.17. The van der Waals surface area contributed by atoms with Crippen LogP contribution in [0.25, 0.3) is 0 Å². The summed E-state index contributed by atoms with van der Waals surface area (Å²) in [4.78, 5) is 6.99. The van der Waals surface area contributed by atoms with E-state index in [9.17, 15) is 0 Å². The SMILES string of the molecule is CCC(N)Cc1cnc(N2CCOCC2C)c(C)c1. The van der Waals surface area contributed by atoms with Crippen LogP contribution in [0.15, 0.2) is 12.3 Å². The molecule has 1 aliphatic heterocycles. The lowest BCUT2D eigenvalue weighted by atomic mass is 10.0. The number of nitrogens with zero attached hydrogens (tertiary/aromatic N) is 2. The van der Waals surface area contributed by atoms with E-state index in [2.05, 4.69) is 36.7 Å². The van der Waals surface area contributed by atoms with Crippen molar-refractivity contribution < 1.29 is 4.74 Å². The molecule has 2 N–H and O–H groups in total. The van der Waals surface area contributed by atoms with Gasteiger partial charge in [-0.05, 0) is 37.8 Å². The zero-order chi connectivity index (χ0) is 13.8. The Morgan fingerprint density at radius 1 is 1.58 bits per heavy atom. The maximum atomic E-state index is 6.00. The third-order valence-corrected chi connectivity index (χ3v) is 3.77. The molecule has 0 aromatic carbocycles. The van der Waals surface area contributed by atoms with Crippen molar-refractivity contribution >= 4 is 5.82 Å². The first kappa shape index (κ1) is 14.3. The number of hydrogen-bond donors (Lipinski definition) is 1. The third-order valence-electron chi connectivity index (χ3n) is 3.77. The molecule has 2 unspecified atom stereocenters. The molecule has 4 nitrogen and oxygen atoms in total. The first-order chi connectivity index (χ1) is 9.11. The first-order valence-corrected chi connectivity index (χ1v) is 7.17. The van der Waals surface area contributed by atoms with Crippen molar-refractivity contribution in [2.24, 2.45) is 5.73 Å². The number of aryl methyl sites for hydroxylation is 1. The minimum atomic E-state index is 0.231. The summed E-state index contributed by atoms with van der Waals surface area (Å²) in [6.07, 6.45) is 3.88. The van der Waals surface area contributed by atoms with Crippen molar-refractivity contribution in [2.75, 3.05) is 24.7 Å². The van der Waals surface area contributed by atoms with Gasteiger partial charge < -0.3 is 15.4 Å². The number of pyridine rings is 1. The number of nitrogens with two attached hydrogens (primary N) is 1. The summed E-state index contributed by atoms with van der Waals surface area (Å²) in [5.41, 5.74) is 8.47. The Hall–Kier alpha value is -1.13. The Kier molecular flexibility index (Phi) is 4.77. The number of aromatic nitrogens is 1. The quantitative estimate of drug-likeness (QED) is 0.901. The molecule has 4 heteroatoms. The molecule has 0 saturated carbocycles. The molecule has 19 heavy (non-hydrogen) atoms. The highest BCUT2D eigenvalue weighted by Gasteiger charge is 2.21. The second kappa shape index (κ2) is 6.35. The van der Waals surface area contributed by atoms with Gasteiger partial charge in [0.05, 0.1) is 19.3 Å². The minimum absolute atomic E-state index is 0.231. The number of hydrogen-bond acceptors (Lipinski definition) is 4. The molecule has 1 aromatic rings. The fraction of sp³-hybridized carbons (Fsp3) is 0.667. The fourth-order valence-corrected chi connectivity index (χ4v) is 2.53. The average molecular weight is 263 g/mol. The van der Waals surface area contributed by atoms with Crippen molar-refractivity contribution in [1.29, 1.82) is 0 Å². The highest BCUT2D eigenvalue weighted by atomic mass is 16.5. The molecule has 106 valence electrons. The molecule has 0 amide bonds. The van der Waals surface area contributed by atoms with Gasteiger partial charge in [0.1, 0.15) is 5.82 Å². The monoisotopic (exact) mass is 263 g/mol. The molecule has 2 heterocycles. The van der Waals surface area contributed by atoms with Crippen LogP contribution in [0.4, 0.5) is 5.82 Å². The number of morpholine rings is 1. The van der Waals surface area contributed by atoms with Gasteiger partial charge in [-0.15, -0.1) is 0 Å². The normalized spacial score (nSPS) is 21.5. The van der Waals surface area contributed by atoms with Crippen LogP contribution in [0.3, 0.4) is 0 Å². The lowest BCUT2D eigenvalue weighted by molar-refractivity contribution is 0.0985. The van der Waals surface area contributed by atoms with Gasteiger partial charge in [-0.1, -0.05) is 13.0 Å². The van der Waals surface area contributed by atoms with E-state index in [4.69, 9.17) is 10.5 Å². The van der Waals surface area contributed by atoms with E-state index in [-0.39, 0.29) is 6.04 Å². The van der Waals surface area contributed by atoms with E-state index in [0.29, 0.717) is 6.04 Å². The Balaban J connectivity index is 2.14. The molecule has 1 aliphatic rings. The maximum Gasteiger partial charge on any atom is 0.131 e. The van der Waals surface area contributed by atoms with Gasteiger partial charge in [-0.3, -0.25) is 0 Å². The topological polar surface area (TPSA) is 51.4 Å². The van der Waals surface area contributed by atoms with Gasteiger partial charge in [0.25, 0.3) is 0 Å². The summed E-state index contributed by atoms with van der Waals surface area (Å²) in [5, 5.41) is 0. The molecular formula is C15H25N3O. The fourth-order valence-electron chi connectivity index (χ4n) is 2.53. The molecule has 0 radical (unpaired) electrons. The number of rotatable bonds is 4. The van der Waals surface area contributed by atoms with E-state index < -0.39 is 0 Å². The lowest BCUT2D eigenvalue weighted by Gasteiger charge is -2.35. The molecule has 1 fully saturated rings. The van der Waals surface area contributed by atoms with E-state index in [0.717, 1.165) is 38.4 Å². The highest BCUT2D eigenvalue weighted by Crippen LogP contribution is 2.22. The molecule has 2 atom stereocenters. The molecule has 0 spiro atoms. The molecule has 1 saturated heterocycles.